The molecule has 0 saturated heterocycles. The number of hydrogen-bond acceptors (Lipinski definition) is 5. The topological polar surface area (TPSA) is 66.0 Å². The van der Waals surface area contributed by atoms with Crippen LogP contribution in [-0.4, -0.2) is 19.9 Å². The first-order chi connectivity index (χ1) is 12.2. The smallest absolute Gasteiger partial charge is 0.276 e. The highest BCUT2D eigenvalue weighted by Gasteiger charge is 2.13. The second-order valence-electron chi connectivity index (χ2n) is 5.71. The summed E-state index contributed by atoms with van der Waals surface area (Å²) >= 11 is 0. The fraction of sp³-hybridized carbons (Fsp3) is 0.105. The SMILES string of the molecule is Cc1cccc(Oc2ccc(-c3noc(-c4ccnn4C)n3)cc2)c1. The van der Waals surface area contributed by atoms with Gasteiger partial charge in [-0.05, 0) is 55.0 Å². The molecule has 0 saturated carbocycles. The Kier molecular flexibility index (Phi) is 3.78. The van der Waals surface area contributed by atoms with Crippen molar-refractivity contribution in [1.82, 2.24) is 19.9 Å². The highest BCUT2D eigenvalue weighted by Crippen LogP contribution is 2.26. The van der Waals surface area contributed by atoms with E-state index in [1.165, 1.54) is 0 Å². The summed E-state index contributed by atoms with van der Waals surface area (Å²) in [6.45, 7) is 2.03. The maximum absolute atomic E-state index is 5.85. The lowest BCUT2D eigenvalue weighted by Crippen LogP contribution is -1.93. The minimum Gasteiger partial charge on any atom is -0.457 e. The van der Waals surface area contributed by atoms with Crippen molar-refractivity contribution >= 4 is 0 Å². The average Bonchev–Trinajstić information content (AvgIpc) is 3.24. The van der Waals surface area contributed by atoms with E-state index in [1.54, 1.807) is 10.9 Å². The number of hydrogen-bond donors (Lipinski definition) is 0. The van der Waals surface area contributed by atoms with Gasteiger partial charge in [0.1, 0.15) is 17.2 Å². The normalized spacial score (nSPS) is 10.8. The second-order valence-corrected chi connectivity index (χ2v) is 5.71. The van der Waals surface area contributed by atoms with Crippen molar-refractivity contribution < 1.29 is 9.26 Å². The summed E-state index contributed by atoms with van der Waals surface area (Å²) in [5, 5.41) is 8.15. The molecule has 0 aliphatic carbocycles. The van der Waals surface area contributed by atoms with Gasteiger partial charge in [0, 0.05) is 18.8 Å². The van der Waals surface area contributed by atoms with Crippen LogP contribution >= 0.6 is 0 Å². The van der Waals surface area contributed by atoms with Crippen molar-refractivity contribution in [1.29, 1.82) is 0 Å². The first-order valence-electron chi connectivity index (χ1n) is 7.86. The molecule has 0 N–H and O–H groups in total. The maximum Gasteiger partial charge on any atom is 0.276 e. The molecule has 0 amide bonds. The molecule has 0 aliphatic heterocycles. The predicted octanol–water partition coefficient (Wildman–Crippen LogP) is 4.24. The van der Waals surface area contributed by atoms with Crippen LogP contribution in [0.5, 0.6) is 11.5 Å². The first-order valence-corrected chi connectivity index (χ1v) is 7.86. The van der Waals surface area contributed by atoms with Crippen LogP contribution in [0.2, 0.25) is 0 Å². The number of rotatable bonds is 4. The van der Waals surface area contributed by atoms with Gasteiger partial charge < -0.3 is 9.26 Å². The molecular weight excluding hydrogens is 316 g/mol. The zero-order chi connectivity index (χ0) is 17.2. The Hall–Kier alpha value is -3.41. The number of aromatic nitrogens is 4. The molecule has 0 spiro atoms. The van der Waals surface area contributed by atoms with Gasteiger partial charge in [-0.25, -0.2) is 0 Å². The molecular formula is C19H16N4O2. The van der Waals surface area contributed by atoms with E-state index < -0.39 is 0 Å². The van der Waals surface area contributed by atoms with Crippen LogP contribution < -0.4 is 4.74 Å². The van der Waals surface area contributed by atoms with E-state index in [-0.39, 0.29) is 0 Å². The molecule has 2 aromatic carbocycles. The highest BCUT2D eigenvalue weighted by molar-refractivity contribution is 5.59. The zero-order valence-electron chi connectivity index (χ0n) is 13.9. The first kappa shape index (κ1) is 15.1. The molecule has 6 heteroatoms. The van der Waals surface area contributed by atoms with Gasteiger partial charge in [-0.15, -0.1) is 0 Å². The molecule has 0 aliphatic rings. The summed E-state index contributed by atoms with van der Waals surface area (Å²) in [5.41, 5.74) is 2.79. The Morgan fingerprint density at radius 2 is 1.84 bits per heavy atom. The molecule has 0 fully saturated rings. The summed E-state index contributed by atoms with van der Waals surface area (Å²) in [4.78, 5) is 4.43. The van der Waals surface area contributed by atoms with E-state index in [0.29, 0.717) is 11.7 Å². The number of ether oxygens (including phenoxy) is 1. The van der Waals surface area contributed by atoms with Crippen molar-refractivity contribution in [2.75, 3.05) is 0 Å². The lowest BCUT2D eigenvalue weighted by atomic mass is 10.2. The van der Waals surface area contributed by atoms with Crippen molar-refractivity contribution in [2.24, 2.45) is 7.05 Å². The monoisotopic (exact) mass is 332 g/mol. The quantitative estimate of drug-likeness (QED) is 0.559. The minimum absolute atomic E-state index is 0.440. The van der Waals surface area contributed by atoms with Gasteiger partial charge in [-0.3, -0.25) is 4.68 Å². The third-order valence-electron chi connectivity index (χ3n) is 3.80. The zero-order valence-corrected chi connectivity index (χ0v) is 13.9. The van der Waals surface area contributed by atoms with Gasteiger partial charge in [0.25, 0.3) is 5.89 Å². The Balaban J connectivity index is 1.54. The van der Waals surface area contributed by atoms with Gasteiger partial charge in [0.05, 0.1) is 0 Å². The lowest BCUT2D eigenvalue weighted by Gasteiger charge is -2.06. The van der Waals surface area contributed by atoms with Crippen molar-refractivity contribution in [3.05, 3.63) is 66.4 Å². The van der Waals surface area contributed by atoms with Crippen LogP contribution in [-0.2, 0) is 7.05 Å². The van der Waals surface area contributed by atoms with Crippen molar-refractivity contribution in [3.63, 3.8) is 0 Å². The molecule has 0 radical (unpaired) electrons. The van der Waals surface area contributed by atoms with E-state index in [4.69, 9.17) is 9.26 Å². The van der Waals surface area contributed by atoms with E-state index in [0.717, 1.165) is 28.3 Å². The molecule has 4 rings (SSSR count). The van der Waals surface area contributed by atoms with Crippen LogP contribution in [0.15, 0.2) is 65.3 Å². The molecule has 2 aromatic heterocycles. The molecule has 25 heavy (non-hydrogen) atoms. The van der Waals surface area contributed by atoms with Crippen molar-refractivity contribution in [3.8, 4) is 34.5 Å². The maximum atomic E-state index is 5.85. The molecule has 2 heterocycles. The Morgan fingerprint density at radius 3 is 2.56 bits per heavy atom. The van der Waals surface area contributed by atoms with Crippen LogP contribution in [0.3, 0.4) is 0 Å². The van der Waals surface area contributed by atoms with Gasteiger partial charge >= 0.3 is 0 Å². The van der Waals surface area contributed by atoms with Crippen LogP contribution in [0.1, 0.15) is 5.56 Å². The third-order valence-corrected chi connectivity index (χ3v) is 3.80. The van der Waals surface area contributed by atoms with E-state index >= 15 is 0 Å². The standard InChI is InChI=1S/C19H16N4O2/c1-13-4-3-5-16(12-13)24-15-8-6-14(7-9-15)18-21-19(25-22-18)17-10-11-20-23(17)2/h3-12H,1-2H3. The number of nitrogens with zero attached hydrogens (tertiary/aromatic N) is 4. The van der Waals surface area contributed by atoms with Gasteiger partial charge in [0.2, 0.25) is 5.82 Å². The molecule has 0 unspecified atom stereocenters. The fourth-order valence-electron chi connectivity index (χ4n) is 2.52. The Labute approximate surface area is 144 Å². The minimum atomic E-state index is 0.440. The summed E-state index contributed by atoms with van der Waals surface area (Å²) in [6, 6.07) is 17.3. The predicted molar refractivity (Wildman–Crippen MR) is 93.2 cm³/mol. The summed E-state index contributed by atoms with van der Waals surface area (Å²) in [5.74, 6) is 2.53. The Bertz CT molecular complexity index is 1000. The Morgan fingerprint density at radius 1 is 1.00 bits per heavy atom. The summed E-state index contributed by atoms with van der Waals surface area (Å²) in [6.07, 6.45) is 1.69. The van der Waals surface area contributed by atoms with Crippen molar-refractivity contribution in [2.45, 2.75) is 6.92 Å². The fourth-order valence-corrected chi connectivity index (χ4v) is 2.52. The van der Waals surface area contributed by atoms with E-state index in [2.05, 4.69) is 15.2 Å². The van der Waals surface area contributed by atoms with Crippen LogP contribution in [0, 0.1) is 6.92 Å². The molecule has 124 valence electrons. The lowest BCUT2D eigenvalue weighted by molar-refractivity contribution is 0.428. The largest absolute Gasteiger partial charge is 0.457 e. The number of aryl methyl sites for hydroxylation is 2. The highest BCUT2D eigenvalue weighted by atomic mass is 16.5. The van der Waals surface area contributed by atoms with Crippen LogP contribution in [0.4, 0.5) is 0 Å². The molecule has 4 aromatic rings. The van der Waals surface area contributed by atoms with Gasteiger partial charge in [-0.1, -0.05) is 17.3 Å². The number of benzene rings is 2. The average molecular weight is 332 g/mol. The van der Waals surface area contributed by atoms with Crippen LogP contribution in [0.25, 0.3) is 23.0 Å². The summed E-state index contributed by atoms with van der Waals surface area (Å²) < 4.78 is 12.9. The van der Waals surface area contributed by atoms with Gasteiger partial charge in [-0.2, -0.15) is 10.1 Å². The molecule has 0 atom stereocenters. The summed E-state index contributed by atoms with van der Waals surface area (Å²) in [7, 11) is 1.83. The van der Waals surface area contributed by atoms with Gasteiger partial charge in [0.15, 0.2) is 0 Å². The molecule has 6 nitrogen and oxygen atoms in total. The van der Waals surface area contributed by atoms with E-state index in [9.17, 15) is 0 Å². The van der Waals surface area contributed by atoms with E-state index in [1.807, 2.05) is 68.6 Å². The second kappa shape index (κ2) is 6.24. The molecule has 0 bridgehead atoms. The third kappa shape index (κ3) is 3.14.